The van der Waals surface area contributed by atoms with E-state index in [1.54, 1.807) is 19.9 Å². The van der Waals surface area contributed by atoms with Gasteiger partial charge in [0, 0.05) is 17.0 Å². The summed E-state index contributed by atoms with van der Waals surface area (Å²) in [6.07, 6.45) is 0.380. The molecule has 0 radical (unpaired) electrons. The Morgan fingerprint density at radius 3 is 2.38 bits per heavy atom. The lowest BCUT2D eigenvalue weighted by Gasteiger charge is -2.42. The predicted octanol–water partition coefficient (Wildman–Crippen LogP) is 4.24. The molecular weight excluding hydrogens is 508 g/mol. The smallest absolute Gasteiger partial charge is 0.240 e. The summed E-state index contributed by atoms with van der Waals surface area (Å²) in [4.78, 5) is 12.8. The minimum absolute atomic E-state index is 0.0592. The number of fused-ring (bicyclic) bond motifs is 1. The van der Waals surface area contributed by atoms with Crippen molar-refractivity contribution in [3.05, 3.63) is 89.5 Å². The summed E-state index contributed by atoms with van der Waals surface area (Å²) in [5.74, 6) is 0.451. The second-order valence-electron chi connectivity index (χ2n) is 9.47. The van der Waals surface area contributed by atoms with Crippen LogP contribution < -0.4 is 14.2 Å². The molecule has 0 spiro atoms. The third-order valence-corrected chi connectivity index (χ3v) is 9.33. The third-order valence-electron chi connectivity index (χ3n) is 6.47. The number of hydrogen-bond acceptors (Lipinski definition) is 6. The first-order valence-electron chi connectivity index (χ1n) is 12.2. The Hall–Kier alpha value is -2.78. The van der Waals surface area contributed by atoms with E-state index in [-0.39, 0.29) is 11.4 Å². The van der Waals surface area contributed by atoms with E-state index in [4.69, 9.17) is 4.74 Å². The standard InChI is InChI=1S/C28H32N2O5S2/c1-4-20-10-12-22(13-11-20)36(19-31)30-26-24-18-23(14-15-25(24)35-28(2,3)27(26)32)37(33,34)29-17-16-21-8-6-5-7-9-21/h5-15,18,26-27,29-30,32H,4,16-17H2,1-3H3. The molecule has 4 rings (SSSR count). The third kappa shape index (κ3) is 6.21. The first kappa shape index (κ1) is 27.3. The number of rotatable bonds is 9. The van der Waals surface area contributed by atoms with Gasteiger partial charge in [0.15, 0.2) is 5.23 Å². The van der Waals surface area contributed by atoms with E-state index in [1.165, 1.54) is 12.1 Å². The fraction of sp³-hybridized carbons (Fsp3) is 0.321. The maximum atomic E-state index is 13.1. The quantitative estimate of drug-likeness (QED) is 0.351. The molecule has 3 aromatic rings. The summed E-state index contributed by atoms with van der Waals surface area (Å²) in [5, 5.41) is 13.3. The van der Waals surface area contributed by atoms with Gasteiger partial charge in [-0.25, -0.2) is 22.7 Å². The molecule has 0 saturated heterocycles. The molecule has 0 amide bonds. The monoisotopic (exact) mass is 540 g/mol. The second-order valence-corrected chi connectivity index (χ2v) is 12.7. The lowest BCUT2D eigenvalue weighted by molar-refractivity contribution is -0.0599. The van der Waals surface area contributed by atoms with E-state index in [0.29, 0.717) is 17.7 Å². The molecule has 0 fully saturated rings. The highest BCUT2D eigenvalue weighted by Crippen LogP contribution is 2.43. The first-order valence-corrected chi connectivity index (χ1v) is 14.9. The topological polar surface area (TPSA) is 105 Å². The van der Waals surface area contributed by atoms with Crippen molar-refractivity contribution in [3.63, 3.8) is 0 Å². The van der Waals surface area contributed by atoms with Gasteiger partial charge in [-0.3, -0.25) is 0 Å². The zero-order chi connectivity index (χ0) is 26.6. The van der Waals surface area contributed by atoms with Crippen LogP contribution in [0.3, 0.4) is 0 Å². The van der Waals surface area contributed by atoms with Crippen molar-refractivity contribution in [2.24, 2.45) is 0 Å². The van der Waals surface area contributed by atoms with Crippen molar-refractivity contribution >= 4 is 25.9 Å². The summed E-state index contributed by atoms with van der Waals surface area (Å²) in [5.41, 5.74) is 1.67. The molecule has 196 valence electrons. The number of aliphatic hydroxyl groups excluding tert-OH is 1. The van der Waals surface area contributed by atoms with E-state index >= 15 is 0 Å². The molecule has 1 aliphatic heterocycles. The van der Waals surface area contributed by atoms with Crippen LogP contribution in [0.25, 0.3) is 0 Å². The minimum atomic E-state index is -3.82. The van der Waals surface area contributed by atoms with E-state index in [1.807, 2.05) is 54.6 Å². The number of ether oxygens (including phenoxy) is 1. The minimum Gasteiger partial charge on any atom is -0.485 e. The van der Waals surface area contributed by atoms with Gasteiger partial charge in [0.1, 0.15) is 17.5 Å². The number of aliphatic hydroxyl groups is 1. The maximum absolute atomic E-state index is 13.1. The summed E-state index contributed by atoms with van der Waals surface area (Å²) >= 11 is 0. The number of benzene rings is 3. The Bertz CT molecular complexity index is 1400. The van der Waals surface area contributed by atoms with E-state index < -0.39 is 38.4 Å². The van der Waals surface area contributed by atoms with Crippen LogP contribution in [0.15, 0.2) is 82.6 Å². The molecule has 0 bridgehead atoms. The van der Waals surface area contributed by atoms with Gasteiger partial charge in [0.05, 0.1) is 10.9 Å². The Morgan fingerprint density at radius 1 is 1.03 bits per heavy atom. The van der Waals surface area contributed by atoms with Crippen molar-refractivity contribution in [1.29, 1.82) is 0 Å². The molecule has 3 atom stereocenters. The van der Waals surface area contributed by atoms with Gasteiger partial charge in [-0.1, -0.05) is 49.4 Å². The highest BCUT2D eigenvalue weighted by molar-refractivity contribution is 8.12. The van der Waals surface area contributed by atoms with Crippen molar-refractivity contribution in [3.8, 4) is 5.75 Å². The molecule has 0 saturated carbocycles. The van der Waals surface area contributed by atoms with Gasteiger partial charge in [0.25, 0.3) is 0 Å². The number of nitrogens with one attached hydrogen (secondary N) is 2. The van der Waals surface area contributed by atoms with Gasteiger partial charge >= 0.3 is 0 Å². The van der Waals surface area contributed by atoms with Crippen molar-refractivity contribution < 1.29 is 23.1 Å². The summed E-state index contributed by atoms with van der Waals surface area (Å²) in [6.45, 7) is 5.81. The fourth-order valence-corrected chi connectivity index (χ4v) is 6.52. The molecule has 3 N–H and O–H groups in total. The molecule has 3 unspecified atom stereocenters. The van der Waals surface area contributed by atoms with Crippen LogP contribution in [-0.2, 0) is 27.7 Å². The fourth-order valence-electron chi connectivity index (χ4n) is 4.26. The second kappa shape index (κ2) is 11.3. The van der Waals surface area contributed by atoms with E-state index in [2.05, 4.69) is 21.6 Å². The molecule has 3 aromatic carbocycles. The lowest BCUT2D eigenvalue weighted by Crippen LogP contribution is -2.51. The highest BCUT2D eigenvalue weighted by Gasteiger charge is 2.43. The Labute approximate surface area is 221 Å². The van der Waals surface area contributed by atoms with Gasteiger partial charge in [-0.05, 0) is 78.8 Å². The zero-order valence-corrected chi connectivity index (χ0v) is 22.7. The van der Waals surface area contributed by atoms with Crippen LogP contribution in [0.5, 0.6) is 5.75 Å². The summed E-state index contributed by atoms with van der Waals surface area (Å²) in [7, 11) is -4.97. The number of hydrogen-bond donors (Lipinski definition) is 3. The number of aryl methyl sites for hydroxylation is 1. The summed E-state index contributed by atoms with van der Waals surface area (Å²) in [6, 6.07) is 21.1. The molecular formula is C28H32N2O5S2. The Morgan fingerprint density at radius 2 is 1.73 bits per heavy atom. The van der Waals surface area contributed by atoms with Gasteiger partial charge in [0.2, 0.25) is 10.0 Å². The number of carbonyl (C=O) groups excluding carboxylic acids is 1. The van der Waals surface area contributed by atoms with Crippen LogP contribution in [0, 0.1) is 0 Å². The normalized spacial score (nSPS) is 19.4. The van der Waals surface area contributed by atoms with Crippen LogP contribution in [-0.4, -0.2) is 37.0 Å². The predicted molar refractivity (Wildman–Crippen MR) is 146 cm³/mol. The van der Waals surface area contributed by atoms with Crippen LogP contribution in [0.2, 0.25) is 0 Å². The molecule has 7 nitrogen and oxygen atoms in total. The van der Waals surface area contributed by atoms with E-state index in [0.717, 1.165) is 22.4 Å². The maximum Gasteiger partial charge on any atom is 0.240 e. The number of sulfonamides is 1. The average molecular weight is 541 g/mol. The molecule has 9 heteroatoms. The first-order chi connectivity index (χ1) is 17.6. The molecule has 0 aromatic heterocycles. The van der Waals surface area contributed by atoms with E-state index in [9.17, 15) is 18.3 Å². The van der Waals surface area contributed by atoms with Gasteiger partial charge in [-0.2, -0.15) is 0 Å². The Kier molecular flexibility index (Phi) is 8.33. The Balaban J connectivity index is 1.62. The highest BCUT2D eigenvalue weighted by atomic mass is 32.2. The van der Waals surface area contributed by atoms with Crippen LogP contribution >= 0.6 is 10.7 Å². The van der Waals surface area contributed by atoms with Gasteiger partial charge < -0.3 is 9.84 Å². The largest absolute Gasteiger partial charge is 0.485 e. The molecule has 0 aliphatic carbocycles. The van der Waals surface area contributed by atoms with Gasteiger partial charge in [-0.15, -0.1) is 0 Å². The lowest BCUT2D eigenvalue weighted by atomic mass is 9.87. The van der Waals surface area contributed by atoms with Crippen molar-refractivity contribution in [2.45, 2.75) is 61.2 Å². The molecule has 1 heterocycles. The van der Waals surface area contributed by atoms with Crippen molar-refractivity contribution in [2.75, 3.05) is 6.54 Å². The average Bonchev–Trinajstić information content (AvgIpc) is 2.89. The molecule has 1 aliphatic rings. The SMILES string of the molecule is CCc1ccc(S(=C=O)NC2c3cc(S(=O)(=O)NCCc4ccccc4)ccc3OC(C)(C)C2O)cc1. The molecule has 37 heavy (non-hydrogen) atoms. The van der Waals surface area contributed by atoms with Crippen LogP contribution in [0.4, 0.5) is 0 Å². The summed E-state index contributed by atoms with van der Waals surface area (Å²) < 4.78 is 38.1. The van der Waals surface area contributed by atoms with Crippen LogP contribution in [0.1, 0.15) is 43.5 Å². The zero-order valence-electron chi connectivity index (χ0n) is 21.1. The van der Waals surface area contributed by atoms with Crippen molar-refractivity contribution in [1.82, 2.24) is 9.44 Å².